The fourth-order valence-electron chi connectivity index (χ4n) is 8.01. The summed E-state index contributed by atoms with van der Waals surface area (Å²) in [5, 5.41) is 0. The van der Waals surface area contributed by atoms with Gasteiger partial charge in [-0.1, -0.05) is 109 Å². The summed E-state index contributed by atoms with van der Waals surface area (Å²) >= 11 is 0. The highest BCUT2D eigenvalue weighted by Crippen LogP contribution is 2.40. The third-order valence-electron chi connectivity index (χ3n) is 11.2. The number of para-hydroxylation sites is 5. The van der Waals surface area contributed by atoms with E-state index in [1.807, 2.05) is 54.6 Å². The quantitative estimate of drug-likeness (QED) is 0.137. The molecule has 62 heavy (non-hydrogen) atoms. The molecule has 0 fully saturated rings. The first-order valence-corrected chi connectivity index (χ1v) is 20.6. The van der Waals surface area contributed by atoms with Crippen molar-refractivity contribution < 1.29 is 8.83 Å². The zero-order chi connectivity index (χ0) is 41.2. The Balaban J connectivity index is 0.904. The van der Waals surface area contributed by atoms with Gasteiger partial charge in [0.15, 0.2) is 11.2 Å². The van der Waals surface area contributed by atoms with E-state index in [-0.39, 0.29) is 0 Å². The van der Waals surface area contributed by atoms with Gasteiger partial charge in [0.1, 0.15) is 11.0 Å². The van der Waals surface area contributed by atoms with Crippen molar-refractivity contribution >= 4 is 56.3 Å². The van der Waals surface area contributed by atoms with Crippen molar-refractivity contribution in [2.75, 3.05) is 9.80 Å². The molecule has 0 saturated heterocycles. The van der Waals surface area contributed by atoms with Crippen molar-refractivity contribution in [1.29, 1.82) is 0 Å². The van der Waals surface area contributed by atoms with Crippen LogP contribution < -0.4 is 9.80 Å². The monoisotopic (exact) mass is 798 g/mol. The Labute approximate surface area is 359 Å². The van der Waals surface area contributed by atoms with Crippen molar-refractivity contribution in [3.63, 3.8) is 0 Å². The molecule has 11 rings (SSSR count). The van der Waals surface area contributed by atoms with Crippen molar-refractivity contribution in [3.8, 4) is 45.2 Å². The molecule has 0 spiro atoms. The average molecular weight is 799 g/mol. The van der Waals surface area contributed by atoms with Gasteiger partial charge in [0, 0.05) is 45.3 Å². The molecule has 0 atom stereocenters. The number of aromatic nitrogens is 2. The molecule has 0 unspecified atom stereocenters. The minimum absolute atomic E-state index is 0.593. The van der Waals surface area contributed by atoms with E-state index >= 15 is 0 Å². The van der Waals surface area contributed by atoms with Gasteiger partial charge in [-0.2, -0.15) is 0 Å². The van der Waals surface area contributed by atoms with Gasteiger partial charge in [-0.15, -0.1) is 0 Å². The Bertz CT molecular complexity index is 3070. The van der Waals surface area contributed by atoms with Crippen molar-refractivity contribution in [1.82, 2.24) is 9.97 Å². The molecule has 11 aromatic rings. The van der Waals surface area contributed by atoms with E-state index in [2.05, 4.69) is 186 Å². The Morgan fingerprint density at radius 3 is 0.871 bits per heavy atom. The zero-order valence-corrected chi connectivity index (χ0v) is 33.5. The first kappa shape index (κ1) is 36.6. The van der Waals surface area contributed by atoms with Gasteiger partial charge in [0.25, 0.3) is 0 Å². The summed E-state index contributed by atoms with van der Waals surface area (Å²) in [6.45, 7) is 0. The summed E-state index contributed by atoms with van der Waals surface area (Å²) in [5.41, 5.74) is 15.9. The Hall–Kier alpha value is -8.48. The fraction of sp³-hybridized carbons (Fsp3) is 0. The molecule has 2 aromatic heterocycles. The molecule has 0 aliphatic heterocycles. The second kappa shape index (κ2) is 15.9. The van der Waals surface area contributed by atoms with Gasteiger partial charge < -0.3 is 18.6 Å². The molecule has 0 N–H and O–H groups in total. The molecule has 9 aromatic carbocycles. The fourth-order valence-corrected chi connectivity index (χ4v) is 8.01. The molecule has 0 aliphatic carbocycles. The lowest BCUT2D eigenvalue weighted by Crippen LogP contribution is -2.10. The second-order valence-electron chi connectivity index (χ2n) is 15.1. The van der Waals surface area contributed by atoms with Crippen LogP contribution in [0.15, 0.2) is 239 Å². The number of nitrogens with zero attached hydrogens (tertiary/aromatic N) is 4. The number of hydrogen-bond acceptors (Lipinski definition) is 6. The number of rotatable bonds is 10. The second-order valence-corrected chi connectivity index (χ2v) is 15.1. The van der Waals surface area contributed by atoms with Gasteiger partial charge in [-0.3, -0.25) is 0 Å². The smallest absolute Gasteiger partial charge is 0.227 e. The molecule has 0 radical (unpaired) electrons. The summed E-state index contributed by atoms with van der Waals surface area (Å²) in [5.74, 6) is 1.19. The van der Waals surface area contributed by atoms with E-state index in [1.165, 1.54) is 11.1 Å². The third kappa shape index (κ3) is 7.16. The first-order valence-electron chi connectivity index (χ1n) is 20.6. The molecule has 294 valence electrons. The predicted octanol–water partition coefficient (Wildman–Crippen LogP) is 15.6. The van der Waals surface area contributed by atoms with Crippen LogP contribution in [-0.2, 0) is 0 Å². The van der Waals surface area contributed by atoms with Gasteiger partial charge in [0.2, 0.25) is 11.8 Å². The van der Waals surface area contributed by atoms with E-state index in [4.69, 9.17) is 18.8 Å². The number of benzene rings is 9. The maximum atomic E-state index is 6.10. The maximum Gasteiger partial charge on any atom is 0.227 e. The Morgan fingerprint density at radius 1 is 0.242 bits per heavy atom. The van der Waals surface area contributed by atoms with Gasteiger partial charge in [-0.25, -0.2) is 9.97 Å². The normalized spacial score (nSPS) is 11.2. The van der Waals surface area contributed by atoms with Crippen molar-refractivity contribution in [2.45, 2.75) is 0 Å². The largest absolute Gasteiger partial charge is 0.436 e. The van der Waals surface area contributed by atoms with Crippen molar-refractivity contribution in [3.05, 3.63) is 231 Å². The van der Waals surface area contributed by atoms with Crippen LogP contribution in [0.3, 0.4) is 0 Å². The van der Waals surface area contributed by atoms with Crippen LogP contribution in [0.5, 0.6) is 0 Å². The van der Waals surface area contributed by atoms with E-state index in [0.29, 0.717) is 11.8 Å². The SMILES string of the molecule is c1ccc(-c2ccc(N(c3ccccc3)c3ccc(-c4ccc(N(c5ccc(-c6nc7ccccc7o6)cc5)c5ccc(-c6nc7ccccc7o6)cc5)cc4)cc3)cc2)cc1. The van der Waals surface area contributed by atoms with Gasteiger partial charge >= 0.3 is 0 Å². The van der Waals surface area contributed by atoms with E-state index < -0.39 is 0 Å². The highest BCUT2D eigenvalue weighted by Gasteiger charge is 2.17. The van der Waals surface area contributed by atoms with Crippen LogP contribution in [0.1, 0.15) is 0 Å². The molecule has 6 heteroatoms. The molecular weight excluding hydrogens is 761 g/mol. The van der Waals surface area contributed by atoms with Gasteiger partial charge in [-0.05, 0) is 144 Å². The maximum absolute atomic E-state index is 6.10. The molecule has 0 aliphatic rings. The Morgan fingerprint density at radius 2 is 0.516 bits per heavy atom. The minimum Gasteiger partial charge on any atom is -0.436 e. The highest BCUT2D eigenvalue weighted by molar-refractivity contribution is 5.84. The predicted molar refractivity (Wildman–Crippen MR) is 253 cm³/mol. The van der Waals surface area contributed by atoms with Crippen LogP contribution in [0, 0.1) is 0 Å². The van der Waals surface area contributed by atoms with E-state index in [1.54, 1.807) is 0 Å². The topological polar surface area (TPSA) is 58.5 Å². The van der Waals surface area contributed by atoms with E-state index in [0.717, 1.165) is 78.6 Å². The number of anilines is 6. The summed E-state index contributed by atoms with van der Waals surface area (Å²) < 4.78 is 12.2. The summed E-state index contributed by atoms with van der Waals surface area (Å²) in [7, 11) is 0. The lowest BCUT2D eigenvalue weighted by atomic mass is 10.0. The molecule has 2 heterocycles. The highest BCUT2D eigenvalue weighted by atomic mass is 16.4. The van der Waals surface area contributed by atoms with Crippen molar-refractivity contribution in [2.24, 2.45) is 0 Å². The number of hydrogen-bond donors (Lipinski definition) is 0. The standard InChI is InChI=1S/C56H38N4O2/c1-3-11-39(12-4-1)40-19-29-46(30-20-40)59(45-13-5-2-6-14-45)47-31-21-41(22-32-47)42-23-33-48(34-24-42)60(49-35-25-43(26-36-49)55-57-51-15-7-9-17-53(51)61-55)50-37-27-44(28-38-50)56-58-52-16-8-10-18-54(52)62-56/h1-38H. The van der Waals surface area contributed by atoms with E-state index in [9.17, 15) is 0 Å². The summed E-state index contributed by atoms with van der Waals surface area (Å²) in [4.78, 5) is 14.0. The average Bonchev–Trinajstić information content (AvgIpc) is 3.99. The molecule has 0 saturated carbocycles. The number of fused-ring (bicyclic) bond motifs is 2. The molecule has 0 bridgehead atoms. The summed E-state index contributed by atoms with van der Waals surface area (Å²) in [6.07, 6.45) is 0. The molecule has 0 amide bonds. The summed E-state index contributed by atoms with van der Waals surface area (Å²) in [6, 6.07) is 79.7. The lowest BCUT2D eigenvalue weighted by Gasteiger charge is -2.26. The molecular formula is C56H38N4O2. The Kier molecular flexibility index (Phi) is 9.41. The minimum atomic E-state index is 0.593. The van der Waals surface area contributed by atoms with Crippen LogP contribution in [0.4, 0.5) is 34.1 Å². The first-order chi connectivity index (χ1) is 30.7. The van der Waals surface area contributed by atoms with Crippen LogP contribution >= 0.6 is 0 Å². The zero-order valence-electron chi connectivity index (χ0n) is 33.5. The van der Waals surface area contributed by atoms with Crippen LogP contribution in [0.2, 0.25) is 0 Å². The van der Waals surface area contributed by atoms with Gasteiger partial charge in [0.05, 0.1) is 0 Å². The van der Waals surface area contributed by atoms with Crippen LogP contribution in [-0.4, -0.2) is 9.97 Å². The number of oxazole rings is 2. The lowest BCUT2D eigenvalue weighted by molar-refractivity contribution is 0.619. The van der Waals surface area contributed by atoms with Crippen LogP contribution in [0.25, 0.3) is 67.4 Å². The third-order valence-corrected chi connectivity index (χ3v) is 11.2. The molecule has 6 nitrogen and oxygen atoms in total.